The zero-order valence-electron chi connectivity index (χ0n) is 15.2. The molecule has 136 valence electrons. The molecule has 6 heteroatoms. The molecule has 26 heavy (non-hydrogen) atoms. The van der Waals surface area contributed by atoms with Crippen LogP contribution in [0.2, 0.25) is 0 Å². The second-order valence-corrected chi connectivity index (χ2v) is 7.94. The first-order valence-electron chi connectivity index (χ1n) is 9.20. The minimum Gasteiger partial charge on any atom is -0.368 e. The summed E-state index contributed by atoms with van der Waals surface area (Å²) in [5.74, 6) is 0.683. The topological polar surface area (TPSA) is 77.0 Å². The van der Waals surface area contributed by atoms with E-state index in [1.165, 1.54) is 0 Å². The van der Waals surface area contributed by atoms with Gasteiger partial charge >= 0.3 is 0 Å². The van der Waals surface area contributed by atoms with Gasteiger partial charge in [0.15, 0.2) is 5.82 Å². The third-order valence-electron chi connectivity index (χ3n) is 5.16. The van der Waals surface area contributed by atoms with Crippen molar-refractivity contribution in [2.45, 2.75) is 51.7 Å². The highest BCUT2D eigenvalue weighted by molar-refractivity contribution is 5.81. The Hall–Kier alpha value is -2.34. The van der Waals surface area contributed by atoms with Gasteiger partial charge in [0, 0.05) is 36.3 Å². The summed E-state index contributed by atoms with van der Waals surface area (Å²) < 4.78 is 5.52. The molecule has 0 bridgehead atoms. The number of hydrogen-bond donors (Lipinski definition) is 1. The highest BCUT2D eigenvalue weighted by atomic mass is 16.5. The van der Waals surface area contributed by atoms with Gasteiger partial charge in [-0.15, -0.1) is 0 Å². The van der Waals surface area contributed by atoms with Gasteiger partial charge in [0.25, 0.3) is 0 Å². The molecule has 4 rings (SSSR count). The predicted molar refractivity (Wildman–Crippen MR) is 97.2 cm³/mol. The molecule has 2 unspecified atom stereocenters. The Morgan fingerprint density at radius 2 is 2.12 bits per heavy atom. The quantitative estimate of drug-likeness (QED) is 0.919. The summed E-state index contributed by atoms with van der Waals surface area (Å²) in [7, 11) is 0. The van der Waals surface area contributed by atoms with Crippen molar-refractivity contribution in [3.05, 3.63) is 42.0 Å². The molecule has 0 radical (unpaired) electrons. The van der Waals surface area contributed by atoms with Crippen LogP contribution in [-0.4, -0.2) is 33.6 Å². The van der Waals surface area contributed by atoms with Crippen LogP contribution >= 0.6 is 0 Å². The smallest absolute Gasteiger partial charge is 0.249 e. The van der Waals surface area contributed by atoms with Gasteiger partial charge in [-0.05, 0) is 43.2 Å². The number of carbonyl (C=O) groups is 1. The van der Waals surface area contributed by atoms with Crippen LogP contribution in [0.4, 0.5) is 0 Å². The van der Waals surface area contributed by atoms with Crippen molar-refractivity contribution in [3.8, 4) is 11.4 Å². The van der Waals surface area contributed by atoms with Crippen molar-refractivity contribution in [3.63, 3.8) is 0 Å². The van der Waals surface area contributed by atoms with E-state index in [9.17, 15) is 4.79 Å². The van der Waals surface area contributed by atoms with Crippen LogP contribution < -0.4 is 5.32 Å². The van der Waals surface area contributed by atoms with E-state index in [4.69, 9.17) is 9.72 Å². The van der Waals surface area contributed by atoms with Gasteiger partial charge in [-0.3, -0.25) is 9.78 Å². The largest absolute Gasteiger partial charge is 0.368 e. The van der Waals surface area contributed by atoms with Crippen LogP contribution in [0.1, 0.15) is 50.4 Å². The first-order chi connectivity index (χ1) is 12.5. The summed E-state index contributed by atoms with van der Waals surface area (Å²) in [5.41, 5.74) is 3.05. The molecule has 0 spiro atoms. The lowest BCUT2D eigenvalue weighted by Crippen LogP contribution is -2.41. The number of carbonyl (C=O) groups excluding carboxylic acids is 1. The third kappa shape index (κ3) is 3.46. The van der Waals surface area contributed by atoms with Crippen LogP contribution in [0.15, 0.2) is 30.7 Å². The molecule has 2 aromatic rings. The molecular weight excluding hydrogens is 328 g/mol. The lowest BCUT2D eigenvalue weighted by molar-refractivity contribution is -0.131. The number of aromatic nitrogens is 3. The number of nitrogens with zero attached hydrogens (tertiary/aromatic N) is 3. The van der Waals surface area contributed by atoms with Gasteiger partial charge < -0.3 is 10.1 Å². The van der Waals surface area contributed by atoms with Gasteiger partial charge in [-0.25, -0.2) is 9.97 Å². The van der Waals surface area contributed by atoms with Crippen molar-refractivity contribution in [1.82, 2.24) is 20.3 Å². The first-order valence-corrected chi connectivity index (χ1v) is 9.20. The molecule has 2 aliphatic rings. The zero-order chi connectivity index (χ0) is 18.1. The molecule has 1 N–H and O–H groups in total. The van der Waals surface area contributed by atoms with Gasteiger partial charge in [0.1, 0.15) is 6.10 Å². The molecule has 6 nitrogen and oxygen atoms in total. The minimum absolute atomic E-state index is 0.0191. The molecule has 2 atom stereocenters. The third-order valence-corrected chi connectivity index (χ3v) is 5.16. The minimum atomic E-state index is -0.319. The fourth-order valence-corrected chi connectivity index (χ4v) is 3.87. The maximum absolute atomic E-state index is 12.5. The lowest BCUT2D eigenvalue weighted by Gasteiger charge is -2.36. The van der Waals surface area contributed by atoms with E-state index in [0.717, 1.165) is 42.5 Å². The highest BCUT2D eigenvalue weighted by Crippen LogP contribution is 2.40. The molecule has 1 fully saturated rings. The second-order valence-electron chi connectivity index (χ2n) is 7.94. The summed E-state index contributed by atoms with van der Waals surface area (Å²) in [6, 6.07) is 3.75. The summed E-state index contributed by atoms with van der Waals surface area (Å²) >= 11 is 0. The standard InChI is InChI=1S/C20H24N4O2/c1-20(2)10-15-14(12-22-18(23-15)13-5-7-21-8-6-13)16(11-20)24-19(25)17-4-3-9-26-17/h5-8,12,16-17H,3-4,9-11H2,1-2H3,(H,24,25). The molecule has 1 amide bonds. The molecule has 1 saturated heterocycles. The Bertz CT molecular complexity index is 801. The van der Waals surface area contributed by atoms with Crippen molar-refractivity contribution < 1.29 is 9.53 Å². The van der Waals surface area contributed by atoms with Crippen LogP contribution in [-0.2, 0) is 16.0 Å². The number of pyridine rings is 1. The molecule has 1 aliphatic carbocycles. The van der Waals surface area contributed by atoms with Crippen LogP contribution in [0.25, 0.3) is 11.4 Å². The van der Waals surface area contributed by atoms with E-state index in [0.29, 0.717) is 12.4 Å². The van der Waals surface area contributed by atoms with E-state index in [2.05, 4.69) is 29.1 Å². The van der Waals surface area contributed by atoms with E-state index in [1.54, 1.807) is 12.4 Å². The number of hydrogen-bond acceptors (Lipinski definition) is 5. The zero-order valence-corrected chi connectivity index (χ0v) is 15.2. The van der Waals surface area contributed by atoms with Gasteiger partial charge in [-0.2, -0.15) is 0 Å². The average Bonchev–Trinajstić information content (AvgIpc) is 3.16. The normalized spacial score (nSPS) is 24.1. The average molecular weight is 352 g/mol. The lowest BCUT2D eigenvalue weighted by atomic mass is 9.74. The monoisotopic (exact) mass is 352 g/mol. The highest BCUT2D eigenvalue weighted by Gasteiger charge is 2.36. The van der Waals surface area contributed by atoms with E-state index >= 15 is 0 Å². The predicted octanol–water partition coefficient (Wildman–Crippen LogP) is 2.85. The molecule has 1 aliphatic heterocycles. The van der Waals surface area contributed by atoms with E-state index in [-0.39, 0.29) is 23.5 Å². The Labute approximate surface area is 153 Å². The molecule has 0 saturated carbocycles. The van der Waals surface area contributed by atoms with Gasteiger partial charge in [0.05, 0.1) is 11.7 Å². The Morgan fingerprint density at radius 3 is 2.85 bits per heavy atom. The Kier molecular flexibility index (Phi) is 4.44. The number of fused-ring (bicyclic) bond motifs is 1. The van der Waals surface area contributed by atoms with Crippen molar-refractivity contribution in [2.75, 3.05) is 6.61 Å². The summed E-state index contributed by atoms with van der Waals surface area (Å²) in [4.78, 5) is 25.9. The molecule has 2 aromatic heterocycles. The molecular formula is C20H24N4O2. The van der Waals surface area contributed by atoms with Crippen molar-refractivity contribution >= 4 is 5.91 Å². The number of ether oxygens (including phenoxy) is 1. The summed E-state index contributed by atoms with van der Waals surface area (Å²) in [5, 5.41) is 3.18. The van der Waals surface area contributed by atoms with Gasteiger partial charge in [-0.1, -0.05) is 13.8 Å². The van der Waals surface area contributed by atoms with Gasteiger partial charge in [0.2, 0.25) is 5.91 Å². The van der Waals surface area contributed by atoms with Crippen molar-refractivity contribution in [2.24, 2.45) is 5.41 Å². The first kappa shape index (κ1) is 17.1. The van der Waals surface area contributed by atoms with Crippen LogP contribution in [0.3, 0.4) is 0 Å². The van der Waals surface area contributed by atoms with Crippen LogP contribution in [0.5, 0.6) is 0 Å². The fraction of sp³-hybridized carbons (Fsp3) is 0.500. The number of nitrogens with one attached hydrogen (secondary N) is 1. The Balaban J connectivity index is 1.63. The molecule has 0 aromatic carbocycles. The summed E-state index contributed by atoms with van der Waals surface area (Å²) in [6.45, 7) is 5.11. The summed E-state index contributed by atoms with van der Waals surface area (Å²) in [6.07, 6.45) is 8.52. The van der Waals surface area contributed by atoms with E-state index in [1.807, 2.05) is 18.3 Å². The maximum atomic E-state index is 12.5. The molecule has 3 heterocycles. The van der Waals surface area contributed by atoms with Crippen molar-refractivity contribution in [1.29, 1.82) is 0 Å². The number of amides is 1. The SMILES string of the molecule is CC1(C)Cc2nc(-c3ccncc3)ncc2C(NC(=O)C2CCCO2)C1. The Morgan fingerprint density at radius 1 is 1.31 bits per heavy atom. The second kappa shape index (κ2) is 6.76. The fourth-order valence-electron chi connectivity index (χ4n) is 3.87. The maximum Gasteiger partial charge on any atom is 0.249 e. The van der Waals surface area contributed by atoms with E-state index < -0.39 is 0 Å². The van der Waals surface area contributed by atoms with Crippen LogP contribution in [0, 0.1) is 5.41 Å². The number of rotatable bonds is 3.